The Balaban J connectivity index is 2.16. The van der Waals surface area contributed by atoms with E-state index in [2.05, 4.69) is 10.6 Å². The molecule has 0 aromatic heterocycles. The van der Waals surface area contributed by atoms with Crippen LogP contribution in [0.4, 0.5) is 10.1 Å². The van der Waals surface area contributed by atoms with Gasteiger partial charge in [0.1, 0.15) is 11.9 Å². The Morgan fingerprint density at radius 3 is 2.35 bits per heavy atom. The molecule has 2 rings (SSSR count). The SMILES string of the molecule is CCCNC(=O)CN(C)[C@H](C(=O)Nc1ccc(F)cc1)c1ccccc1. The van der Waals surface area contributed by atoms with Gasteiger partial charge >= 0.3 is 0 Å². The lowest BCUT2D eigenvalue weighted by molar-refractivity contribution is -0.125. The van der Waals surface area contributed by atoms with Crippen LogP contribution in [0.15, 0.2) is 54.6 Å². The smallest absolute Gasteiger partial charge is 0.246 e. The molecule has 0 heterocycles. The van der Waals surface area contributed by atoms with E-state index in [-0.39, 0.29) is 24.2 Å². The normalized spacial score (nSPS) is 11.8. The highest BCUT2D eigenvalue weighted by Crippen LogP contribution is 2.21. The Morgan fingerprint density at radius 2 is 1.73 bits per heavy atom. The first kappa shape index (κ1) is 19.6. The van der Waals surface area contributed by atoms with Gasteiger partial charge in [0.05, 0.1) is 6.54 Å². The van der Waals surface area contributed by atoms with Crippen LogP contribution >= 0.6 is 0 Å². The van der Waals surface area contributed by atoms with Crippen molar-refractivity contribution in [3.05, 3.63) is 66.0 Å². The van der Waals surface area contributed by atoms with E-state index in [0.717, 1.165) is 12.0 Å². The third-order valence-electron chi connectivity index (χ3n) is 3.88. The first-order chi connectivity index (χ1) is 12.5. The molecular weight excluding hydrogens is 333 g/mol. The quantitative estimate of drug-likeness (QED) is 0.764. The molecule has 0 aliphatic heterocycles. The predicted octanol–water partition coefficient (Wildman–Crippen LogP) is 2.96. The Bertz CT molecular complexity index is 720. The van der Waals surface area contributed by atoms with Crippen molar-refractivity contribution >= 4 is 17.5 Å². The van der Waals surface area contributed by atoms with E-state index in [1.54, 1.807) is 11.9 Å². The van der Waals surface area contributed by atoms with Crippen molar-refractivity contribution in [2.45, 2.75) is 19.4 Å². The van der Waals surface area contributed by atoms with Gasteiger partial charge in [-0.3, -0.25) is 14.5 Å². The van der Waals surface area contributed by atoms with Crippen molar-refractivity contribution in [2.24, 2.45) is 0 Å². The summed E-state index contributed by atoms with van der Waals surface area (Å²) in [7, 11) is 1.73. The lowest BCUT2D eigenvalue weighted by atomic mass is 10.0. The van der Waals surface area contributed by atoms with Gasteiger partial charge in [-0.25, -0.2) is 4.39 Å². The average Bonchev–Trinajstić information content (AvgIpc) is 2.63. The number of carbonyl (C=O) groups excluding carboxylic acids is 2. The van der Waals surface area contributed by atoms with Gasteiger partial charge in [0.25, 0.3) is 0 Å². The number of anilines is 1. The van der Waals surface area contributed by atoms with Crippen LogP contribution < -0.4 is 10.6 Å². The fraction of sp³-hybridized carbons (Fsp3) is 0.300. The van der Waals surface area contributed by atoms with E-state index in [4.69, 9.17) is 0 Å². The van der Waals surface area contributed by atoms with Crippen LogP contribution in [0.1, 0.15) is 24.9 Å². The lowest BCUT2D eigenvalue weighted by Gasteiger charge is -2.27. The monoisotopic (exact) mass is 357 g/mol. The Labute approximate surface area is 153 Å². The summed E-state index contributed by atoms with van der Waals surface area (Å²) in [5.74, 6) is -0.786. The number of likely N-dealkylation sites (N-methyl/N-ethyl adjacent to an activating group) is 1. The van der Waals surface area contributed by atoms with Crippen LogP contribution in [0.2, 0.25) is 0 Å². The summed E-state index contributed by atoms with van der Waals surface area (Å²) in [5.41, 5.74) is 1.28. The molecule has 0 spiro atoms. The van der Waals surface area contributed by atoms with E-state index >= 15 is 0 Å². The molecule has 26 heavy (non-hydrogen) atoms. The van der Waals surface area contributed by atoms with Crippen molar-refractivity contribution in [1.82, 2.24) is 10.2 Å². The number of carbonyl (C=O) groups is 2. The highest BCUT2D eigenvalue weighted by Gasteiger charge is 2.26. The van der Waals surface area contributed by atoms with E-state index in [9.17, 15) is 14.0 Å². The number of hydrogen-bond donors (Lipinski definition) is 2. The highest BCUT2D eigenvalue weighted by atomic mass is 19.1. The Hall–Kier alpha value is -2.73. The molecule has 6 heteroatoms. The van der Waals surface area contributed by atoms with Gasteiger partial charge in [0.2, 0.25) is 11.8 Å². The fourth-order valence-electron chi connectivity index (χ4n) is 2.62. The molecule has 0 unspecified atom stereocenters. The van der Waals surface area contributed by atoms with Crippen molar-refractivity contribution in [3.63, 3.8) is 0 Å². The largest absolute Gasteiger partial charge is 0.355 e. The van der Waals surface area contributed by atoms with Gasteiger partial charge in [0, 0.05) is 12.2 Å². The van der Waals surface area contributed by atoms with Crippen LogP contribution in [-0.4, -0.2) is 36.9 Å². The van der Waals surface area contributed by atoms with Crippen molar-refractivity contribution in [2.75, 3.05) is 25.5 Å². The molecule has 0 saturated carbocycles. The van der Waals surface area contributed by atoms with Gasteiger partial charge < -0.3 is 10.6 Å². The maximum atomic E-state index is 13.1. The number of amides is 2. The van der Waals surface area contributed by atoms with Crippen LogP contribution in [0, 0.1) is 5.82 Å². The second kappa shape index (κ2) is 9.68. The molecule has 0 fully saturated rings. The molecule has 2 amide bonds. The summed E-state index contributed by atoms with van der Waals surface area (Å²) in [5, 5.41) is 5.60. The minimum absolute atomic E-state index is 0.0936. The van der Waals surface area contributed by atoms with Crippen LogP contribution in [0.25, 0.3) is 0 Å². The van der Waals surface area contributed by atoms with Crippen LogP contribution in [-0.2, 0) is 9.59 Å². The zero-order valence-electron chi connectivity index (χ0n) is 15.0. The zero-order valence-corrected chi connectivity index (χ0v) is 15.0. The Kier molecular flexibility index (Phi) is 7.29. The molecule has 0 aliphatic carbocycles. The lowest BCUT2D eigenvalue weighted by Crippen LogP contribution is -2.41. The third kappa shape index (κ3) is 5.67. The molecule has 2 aromatic carbocycles. The van der Waals surface area contributed by atoms with Crippen molar-refractivity contribution < 1.29 is 14.0 Å². The maximum Gasteiger partial charge on any atom is 0.246 e. The van der Waals surface area contributed by atoms with E-state index in [1.165, 1.54) is 24.3 Å². The van der Waals surface area contributed by atoms with Crippen molar-refractivity contribution in [3.8, 4) is 0 Å². The number of hydrogen-bond acceptors (Lipinski definition) is 3. The van der Waals surface area contributed by atoms with E-state index in [0.29, 0.717) is 12.2 Å². The summed E-state index contributed by atoms with van der Waals surface area (Å²) in [6.07, 6.45) is 0.850. The molecule has 0 aliphatic rings. The third-order valence-corrected chi connectivity index (χ3v) is 3.88. The summed E-state index contributed by atoms with van der Waals surface area (Å²) in [4.78, 5) is 26.6. The summed E-state index contributed by atoms with van der Waals surface area (Å²) in [6, 6.07) is 14.2. The van der Waals surface area contributed by atoms with E-state index in [1.807, 2.05) is 37.3 Å². The molecule has 0 radical (unpaired) electrons. The first-order valence-corrected chi connectivity index (χ1v) is 8.59. The highest BCUT2D eigenvalue weighted by molar-refractivity contribution is 5.95. The predicted molar refractivity (Wildman–Crippen MR) is 100 cm³/mol. The van der Waals surface area contributed by atoms with Gasteiger partial charge in [-0.2, -0.15) is 0 Å². The van der Waals surface area contributed by atoms with E-state index < -0.39 is 6.04 Å². The first-order valence-electron chi connectivity index (χ1n) is 8.59. The van der Waals surface area contributed by atoms with Gasteiger partial charge in [-0.05, 0) is 43.3 Å². The zero-order chi connectivity index (χ0) is 18.9. The second-order valence-electron chi connectivity index (χ2n) is 6.07. The van der Waals surface area contributed by atoms with Crippen LogP contribution in [0.3, 0.4) is 0 Å². The topological polar surface area (TPSA) is 61.4 Å². The number of rotatable bonds is 8. The summed E-state index contributed by atoms with van der Waals surface area (Å²) >= 11 is 0. The van der Waals surface area contributed by atoms with Gasteiger partial charge in [-0.15, -0.1) is 0 Å². The van der Waals surface area contributed by atoms with Crippen molar-refractivity contribution in [1.29, 1.82) is 0 Å². The van der Waals surface area contributed by atoms with Gasteiger partial charge in [0.15, 0.2) is 0 Å². The molecule has 138 valence electrons. The molecule has 2 N–H and O–H groups in total. The van der Waals surface area contributed by atoms with Crippen LogP contribution in [0.5, 0.6) is 0 Å². The summed E-state index contributed by atoms with van der Waals surface area (Å²) in [6.45, 7) is 2.67. The minimum Gasteiger partial charge on any atom is -0.355 e. The minimum atomic E-state index is -0.645. The molecule has 0 saturated heterocycles. The average molecular weight is 357 g/mol. The molecular formula is C20H24FN3O2. The number of benzene rings is 2. The summed E-state index contributed by atoms with van der Waals surface area (Å²) < 4.78 is 13.1. The molecule has 2 aromatic rings. The van der Waals surface area contributed by atoms with Gasteiger partial charge in [-0.1, -0.05) is 37.3 Å². The maximum absolute atomic E-state index is 13.1. The molecule has 0 bridgehead atoms. The second-order valence-corrected chi connectivity index (χ2v) is 6.07. The molecule has 1 atom stereocenters. The number of nitrogens with one attached hydrogen (secondary N) is 2. The number of halogens is 1. The standard InChI is InChI=1S/C20H24FN3O2/c1-3-13-22-18(25)14-24(2)19(15-7-5-4-6-8-15)20(26)23-17-11-9-16(21)10-12-17/h4-12,19H,3,13-14H2,1-2H3,(H,22,25)(H,23,26)/t19-/m0/s1. The molecule has 5 nitrogen and oxygen atoms in total. The Morgan fingerprint density at radius 1 is 1.08 bits per heavy atom. The fourth-order valence-corrected chi connectivity index (χ4v) is 2.62. The number of nitrogens with zero attached hydrogens (tertiary/aromatic N) is 1.